The van der Waals surface area contributed by atoms with Crippen LogP contribution in [-0.4, -0.2) is 80.8 Å². The van der Waals surface area contributed by atoms with Gasteiger partial charge in [0.2, 0.25) is 5.60 Å². The Morgan fingerprint density at radius 1 is 1.03 bits per heavy atom. The summed E-state index contributed by atoms with van der Waals surface area (Å²) in [5.74, 6) is -0.455. The number of fused-ring (bicyclic) bond motifs is 2. The van der Waals surface area contributed by atoms with Gasteiger partial charge in [0.25, 0.3) is 0 Å². The molecule has 4 aromatic rings. The number of nitriles is 1. The van der Waals surface area contributed by atoms with Crippen molar-refractivity contribution in [3.63, 3.8) is 0 Å². The summed E-state index contributed by atoms with van der Waals surface area (Å²) in [4.78, 5) is 24.8. The first-order valence-electron chi connectivity index (χ1n) is 19.5. The maximum absolute atomic E-state index is 14.6. The molecule has 1 saturated heterocycles. The largest absolute Gasteiger partial charge is 0.474 e. The lowest BCUT2D eigenvalue weighted by molar-refractivity contribution is -0.169. The standard InChI is InChI=1S/C40H46N6O12P2/c1-26(38(49)56-29-19-39(20-29)17-8-18-39)44-59(50,58-32-14-7-12-28-11-5-6-13-30(28)32)53-22-33-35(47)36(48)40(23-41,57-33)34-16-15-31-37(42)45(24-43-46(31)34)25-55-60(51,52)54-21-27-9-3-2-4-10-27/h2-7,9-16,24,26,29,33,35-37,47-48H,8,17-22,25,42H2,1H3,(H,44,50)(H,51,52)/t26-,33+,35+,36+,37?,40-,59?/m0/s1. The molecule has 20 heteroatoms. The van der Waals surface area contributed by atoms with Crippen LogP contribution in [0.25, 0.3) is 10.8 Å². The van der Waals surface area contributed by atoms with Gasteiger partial charge in [0.05, 0.1) is 24.6 Å². The fourth-order valence-corrected chi connectivity index (χ4v) is 10.3. The lowest BCUT2D eigenvalue weighted by Gasteiger charge is -2.53. The van der Waals surface area contributed by atoms with E-state index in [-0.39, 0.29) is 35.3 Å². The molecule has 2 aliphatic carbocycles. The van der Waals surface area contributed by atoms with Gasteiger partial charge >= 0.3 is 21.5 Å². The molecule has 0 radical (unpaired) electrons. The van der Waals surface area contributed by atoms with Gasteiger partial charge in [-0.15, -0.1) is 0 Å². The number of benzene rings is 3. The van der Waals surface area contributed by atoms with Gasteiger partial charge in [0.1, 0.15) is 61.5 Å². The Kier molecular flexibility index (Phi) is 11.8. The van der Waals surface area contributed by atoms with Crippen molar-refractivity contribution in [1.82, 2.24) is 14.7 Å². The molecule has 1 spiro atoms. The number of aliphatic hydroxyl groups is 2. The van der Waals surface area contributed by atoms with E-state index in [0.717, 1.165) is 31.1 Å². The fourth-order valence-electron chi connectivity index (χ4n) is 8.07. The van der Waals surface area contributed by atoms with Crippen LogP contribution in [0.3, 0.4) is 0 Å². The summed E-state index contributed by atoms with van der Waals surface area (Å²) < 4.78 is 62.5. The van der Waals surface area contributed by atoms with E-state index in [1.807, 2.05) is 24.3 Å². The summed E-state index contributed by atoms with van der Waals surface area (Å²) in [6.07, 6.45) is -0.119. The number of nitrogens with zero attached hydrogens (tertiary/aromatic N) is 4. The third kappa shape index (κ3) is 8.41. The molecule has 3 aromatic carbocycles. The minimum Gasteiger partial charge on any atom is -0.461 e. The summed E-state index contributed by atoms with van der Waals surface area (Å²) in [6.45, 7) is 0.140. The van der Waals surface area contributed by atoms with E-state index < -0.39 is 71.0 Å². The first-order valence-corrected chi connectivity index (χ1v) is 22.6. The van der Waals surface area contributed by atoms with E-state index in [4.69, 9.17) is 33.3 Å². The molecule has 4 aliphatic rings. The summed E-state index contributed by atoms with van der Waals surface area (Å²) in [6, 6.07) is 24.9. The lowest BCUT2D eigenvalue weighted by Crippen LogP contribution is -2.49. The summed E-state index contributed by atoms with van der Waals surface area (Å²) in [5.41, 5.74) is 5.42. The van der Waals surface area contributed by atoms with Crippen molar-refractivity contribution in [2.75, 3.05) is 13.3 Å². The van der Waals surface area contributed by atoms with Crippen LogP contribution in [0.15, 0.2) is 90.0 Å². The number of nitrogens with two attached hydrogens (primary N) is 1. The molecule has 8 atom stereocenters. The van der Waals surface area contributed by atoms with Gasteiger partial charge in [-0.25, -0.2) is 13.8 Å². The number of phosphoric acid groups is 1. The van der Waals surface area contributed by atoms with Gasteiger partial charge in [-0.1, -0.05) is 73.2 Å². The van der Waals surface area contributed by atoms with Crippen LogP contribution in [-0.2, 0) is 49.2 Å². The number of esters is 1. The number of rotatable bonds is 16. The molecular formula is C40H46N6O12P2. The second kappa shape index (κ2) is 16.8. The van der Waals surface area contributed by atoms with E-state index in [1.54, 1.807) is 54.6 Å². The third-order valence-corrected chi connectivity index (χ3v) is 14.1. The zero-order chi connectivity index (χ0) is 42.3. The molecule has 3 fully saturated rings. The molecule has 3 unspecified atom stereocenters. The molecule has 318 valence electrons. The van der Waals surface area contributed by atoms with Gasteiger partial charge in [-0.05, 0) is 67.2 Å². The highest BCUT2D eigenvalue weighted by molar-refractivity contribution is 7.52. The number of hydrogen-bond donors (Lipinski definition) is 5. The number of ether oxygens (including phenoxy) is 2. The van der Waals surface area contributed by atoms with Crippen molar-refractivity contribution >= 4 is 38.6 Å². The van der Waals surface area contributed by atoms with Crippen LogP contribution >= 0.6 is 15.6 Å². The molecule has 1 aromatic heterocycles. The molecular weight excluding hydrogens is 818 g/mol. The van der Waals surface area contributed by atoms with Crippen molar-refractivity contribution < 1.29 is 56.6 Å². The van der Waals surface area contributed by atoms with E-state index in [2.05, 4.69) is 10.2 Å². The quantitative estimate of drug-likeness (QED) is 0.0743. The Hall–Kier alpha value is -4.47. The van der Waals surface area contributed by atoms with Gasteiger partial charge in [-0.2, -0.15) is 15.5 Å². The Labute approximate surface area is 345 Å². The van der Waals surface area contributed by atoms with Crippen LogP contribution in [0, 0.1) is 16.7 Å². The zero-order valence-electron chi connectivity index (χ0n) is 32.6. The highest BCUT2D eigenvalue weighted by atomic mass is 31.2. The third-order valence-electron chi connectivity index (χ3n) is 11.6. The highest BCUT2D eigenvalue weighted by Gasteiger charge is 2.58. The topological polar surface area (TPSA) is 250 Å². The number of aliphatic hydroxyl groups excluding tert-OH is 2. The van der Waals surface area contributed by atoms with Gasteiger partial charge in [-0.3, -0.25) is 18.4 Å². The predicted octanol–water partition coefficient (Wildman–Crippen LogP) is 4.89. The average molecular weight is 865 g/mol. The predicted molar refractivity (Wildman–Crippen MR) is 214 cm³/mol. The molecule has 8 rings (SSSR count). The zero-order valence-corrected chi connectivity index (χ0v) is 34.3. The highest BCUT2D eigenvalue weighted by Crippen LogP contribution is 2.57. The van der Waals surface area contributed by atoms with Gasteiger partial charge in [0, 0.05) is 5.39 Å². The Balaban J connectivity index is 0.959. The van der Waals surface area contributed by atoms with Crippen molar-refractivity contribution in [2.45, 2.75) is 87.9 Å². The van der Waals surface area contributed by atoms with E-state index >= 15 is 0 Å². The van der Waals surface area contributed by atoms with Crippen molar-refractivity contribution in [2.24, 2.45) is 16.3 Å². The van der Waals surface area contributed by atoms with Crippen molar-refractivity contribution in [3.8, 4) is 11.8 Å². The maximum Gasteiger partial charge on any atom is 0.474 e. The van der Waals surface area contributed by atoms with E-state index in [0.29, 0.717) is 10.9 Å². The smallest absolute Gasteiger partial charge is 0.461 e. The number of phosphoric ester groups is 1. The van der Waals surface area contributed by atoms with Crippen LogP contribution in [0.4, 0.5) is 0 Å². The monoisotopic (exact) mass is 864 g/mol. The summed E-state index contributed by atoms with van der Waals surface area (Å²) >= 11 is 0. The van der Waals surface area contributed by atoms with Crippen LogP contribution in [0.1, 0.15) is 62.1 Å². The fraction of sp³-hybridized carbons (Fsp3) is 0.425. The molecule has 60 heavy (non-hydrogen) atoms. The van der Waals surface area contributed by atoms with Crippen molar-refractivity contribution in [3.05, 3.63) is 102 Å². The Bertz CT molecular complexity index is 2380. The molecule has 3 heterocycles. The molecule has 2 saturated carbocycles. The van der Waals surface area contributed by atoms with E-state index in [9.17, 15) is 34.3 Å². The van der Waals surface area contributed by atoms with Gasteiger partial charge < -0.3 is 39.7 Å². The van der Waals surface area contributed by atoms with Gasteiger partial charge in [0.15, 0.2) is 0 Å². The molecule has 0 bridgehead atoms. The molecule has 18 nitrogen and oxygen atoms in total. The van der Waals surface area contributed by atoms with Crippen molar-refractivity contribution in [1.29, 1.82) is 5.26 Å². The number of carbonyl (C=O) groups excluding carboxylic acids is 1. The average Bonchev–Trinajstić information content (AvgIpc) is 3.76. The first kappa shape index (κ1) is 42.2. The Morgan fingerprint density at radius 3 is 2.50 bits per heavy atom. The van der Waals surface area contributed by atoms with E-state index in [1.165, 1.54) is 41.4 Å². The minimum atomic E-state index is -4.51. The molecule has 0 amide bonds. The first-order chi connectivity index (χ1) is 28.7. The Morgan fingerprint density at radius 2 is 1.77 bits per heavy atom. The number of hydrogen-bond acceptors (Lipinski definition) is 15. The second-order valence-electron chi connectivity index (χ2n) is 15.6. The van der Waals surface area contributed by atoms with Crippen LogP contribution < -0.4 is 15.3 Å². The van der Waals surface area contributed by atoms with Crippen LogP contribution in [0.2, 0.25) is 0 Å². The summed E-state index contributed by atoms with van der Waals surface area (Å²) in [7, 11) is -9.02. The maximum atomic E-state index is 14.6. The number of aromatic nitrogens is 1. The van der Waals surface area contributed by atoms with Crippen LogP contribution in [0.5, 0.6) is 5.75 Å². The normalized spacial score (nSPS) is 26.9. The lowest BCUT2D eigenvalue weighted by atomic mass is 9.55. The number of nitrogens with one attached hydrogen (secondary N) is 1. The SMILES string of the molecule is C[C@H](NP(=O)(OC[C@H]1O[C@@](C#N)(c2ccc3n2N=CN(COP(=O)(O)OCc2ccccc2)C3N)[C@H](O)[C@@H]1O)Oc1cccc2ccccc12)C(=O)OC1CC2(CCC2)C1. The molecule has 2 aliphatic heterocycles. The minimum absolute atomic E-state index is 0.00954. The second-order valence-corrected chi connectivity index (χ2v) is 18.8. The molecule has 6 N–H and O–H groups in total. The summed E-state index contributed by atoms with van der Waals surface area (Å²) in [5, 5.41) is 41.7. The number of carbonyl (C=O) groups is 1.